The van der Waals surface area contributed by atoms with Crippen LogP contribution < -0.4 is 5.73 Å². The van der Waals surface area contributed by atoms with E-state index >= 15 is 0 Å². The summed E-state index contributed by atoms with van der Waals surface area (Å²) in [5.41, 5.74) is 9.04. The zero-order valence-corrected chi connectivity index (χ0v) is 12.6. The van der Waals surface area contributed by atoms with Crippen LogP contribution in [0.2, 0.25) is 0 Å². The maximum Gasteiger partial charge on any atom is 0.113 e. The molecule has 1 saturated carbocycles. The van der Waals surface area contributed by atoms with Crippen LogP contribution in [-0.4, -0.2) is 34.1 Å². The lowest BCUT2D eigenvalue weighted by atomic mass is 10.1. The Balaban J connectivity index is 1.60. The van der Waals surface area contributed by atoms with E-state index in [1.807, 2.05) is 12.1 Å². The second-order valence-corrected chi connectivity index (χ2v) is 6.55. The van der Waals surface area contributed by atoms with E-state index in [0.29, 0.717) is 5.92 Å². The highest BCUT2D eigenvalue weighted by atomic mass is 15.2. The summed E-state index contributed by atoms with van der Waals surface area (Å²) in [4.78, 5) is 7.46. The molecule has 21 heavy (non-hydrogen) atoms. The molecule has 4 rings (SSSR count). The van der Waals surface area contributed by atoms with Gasteiger partial charge in [0, 0.05) is 24.7 Å². The van der Waals surface area contributed by atoms with Crippen LogP contribution in [0.15, 0.2) is 18.2 Å². The highest BCUT2D eigenvalue weighted by Crippen LogP contribution is 2.40. The molecule has 2 N–H and O–H groups in total. The first kappa shape index (κ1) is 13.1. The van der Waals surface area contributed by atoms with Crippen molar-refractivity contribution < 1.29 is 0 Å². The van der Waals surface area contributed by atoms with E-state index in [4.69, 9.17) is 10.7 Å². The minimum absolute atomic E-state index is 0.681. The number of imidazole rings is 1. The van der Waals surface area contributed by atoms with Gasteiger partial charge < -0.3 is 15.2 Å². The van der Waals surface area contributed by atoms with Crippen LogP contribution in [0.1, 0.15) is 43.8 Å². The normalized spacial score (nSPS) is 20.2. The molecule has 0 unspecified atom stereocenters. The Labute approximate surface area is 125 Å². The zero-order valence-electron chi connectivity index (χ0n) is 12.6. The molecule has 0 amide bonds. The first-order valence-corrected chi connectivity index (χ1v) is 8.29. The number of piperidine rings is 1. The molecule has 2 heterocycles. The van der Waals surface area contributed by atoms with Crippen LogP contribution in [0.5, 0.6) is 0 Å². The molecule has 1 aromatic carbocycles. The Morgan fingerprint density at radius 3 is 2.67 bits per heavy atom. The number of hydrogen-bond donors (Lipinski definition) is 1. The van der Waals surface area contributed by atoms with Crippen molar-refractivity contribution in [3.05, 3.63) is 24.0 Å². The summed E-state index contributed by atoms with van der Waals surface area (Å²) in [6, 6.07) is 6.15. The van der Waals surface area contributed by atoms with Gasteiger partial charge in [0.25, 0.3) is 0 Å². The van der Waals surface area contributed by atoms with Gasteiger partial charge in [0.1, 0.15) is 5.82 Å². The Morgan fingerprint density at radius 1 is 1.10 bits per heavy atom. The third kappa shape index (κ3) is 2.64. The average molecular weight is 284 g/mol. The molecule has 2 aromatic rings. The summed E-state index contributed by atoms with van der Waals surface area (Å²) in [7, 11) is 0. The zero-order chi connectivity index (χ0) is 14.2. The molecule has 4 nitrogen and oxygen atoms in total. The lowest BCUT2D eigenvalue weighted by molar-refractivity contribution is 0.221. The van der Waals surface area contributed by atoms with Crippen LogP contribution in [0.25, 0.3) is 11.0 Å². The van der Waals surface area contributed by atoms with E-state index in [1.54, 1.807) is 0 Å². The standard InChI is InChI=1S/C17H24N4/c18-14-6-7-16-15(12-14)19-17(13-4-5-13)21(16)11-10-20-8-2-1-3-9-20/h6-7,12-13H,1-5,8-11,18H2. The van der Waals surface area contributed by atoms with Crippen molar-refractivity contribution in [2.45, 2.75) is 44.6 Å². The largest absolute Gasteiger partial charge is 0.399 e. The van der Waals surface area contributed by atoms with E-state index < -0.39 is 0 Å². The number of nitrogen functional groups attached to an aromatic ring is 1. The van der Waals surface area contributed by atoms with Gasteiger partial charge in [-0.2, -0.15) is 0 Å². The predicted octanol–water partition coefficient (Wildman–Crippen LogP) is 2.98. The Bertz CT molecular complexity index is 636. The Morgan fingerprint density at radius 2 is 1.90 bits per heavy atom. The number of nitrogens with zero attached hydrogens (tertiary/aromatic N) is 3. The van der Waals surface area contributed by atoms with Crippen molar-refractivity contribution in [3.63, 3.8) is 0 Å². The highest BCUT2D eigenvalue weighted by molar-refractivity contribution is 5.79. The summed E-state index contributed by atoms with van der Waals surface area (Å²) >= 11 is 0. The number of rotatable bonds is 4. The number of fused-ring (bicyclic) bond motifs is 1. The van der Waals surface area contributed by atoms with Crippen molar-refractivity contribution in [1.82, 2.24) is 14.5 Å². The summed E-state index contributed by atoms with van der Waals surface area (Å²) < 4.78 is 2.45. The minimum Gasteiger partial charge on any atom is -0.399 e. The third-order valence-electron chi connectivity index (χ3n) is 4.83. The van der Waals surface area contributed by atoms with Gasteiger partial charge in [-0.1, -0.05) is 6.42 Å². The van der Waals surface area contributed by atoms with Gasteiger partial charge in [0.2, 0.25) is 0 Å². The summed E-state index contributed by atoms with van der Waals surface area (Å²) in [6.45, 7) is 4.73. The second kappa shape index (κ2) is 5.34. The number of anilines is 1. The number of benzene rings is 1. The van der Waals surface area contributed by atoms with Crippen LogP contribution >= 0.6 is 0 Å². The first-order valence-electron chi connectivity index (χ1n) is 8.29. The van der Waals surface area contributed by atoms with E-state index in [2.05, 4.69) is 15.5 Å². The fraction of sp³-hybridized carbons (Fsp3) is 0.588. The van der Waals surface area contributed by atoms with Gasteiger partial charge >= 0.3 is 0 Å². The van der Waals surface area contributed by atoms with Crippen molar-refractivity contribution in [2.24, 2.45) is 0 Å². The van der Waals surface area contributed by atoms with E-state index in [0.717, 1.165) is 24.3 Å². The molecular formula is C17H24N4. The summed E-state index contributed by atoms with van der Waals surface area (Å²) in [6.07, 6.45) is 6.70. The number of nitrogens with two attached hydrogens (primary N) is 1. The lowest BCUT2D eigenvalue weighted by Gasteiger charge is -2.26. The van der Waals surface area contributed by atoms with Crippen LogP contribution in [0.4, 0.5) is 5.69 Å². The van der Waals surface area contributed by atoms with Crippen molar-refractivity contribution >= 4 is 16.7 Å². The molecule has 112 valence electrons. The quantitative estimate of drug-likeness (QED) is 0.878. The van der Waals surface area contributed by atoms with Crippen molar-refractivity contribution in [2.75, 3.05) is 25.4 Å². The number of likely N-dealkylation sites (tertiary alicyclic amines) is 1. The molecule has 1 aliphatic carbocycles. The summed E-state index contributed by atoms with van der Waals surface area (Å²) in [5.74, 6) is 1.97. The van der Waals surface area contributed by atoms with Gasteiger partial charge in [-0.05, 0) is 57.0 Å². The van der Waals surface area contributed by atoms with Gasteiger partial charge in [-0.15, -0.1) is 0 Å². The van der Waals surface area contributed by atoms with Gasteiger partial charge in [-0.3, -0.25) is 0 Å². The molecule has 1 saturated heterocycles. The maximum atomic E-state index is 5.91. The Kier molecular flexibility index (Phi) is 3.34. The first-order chi connectivity index (χ1) is 10.3. The number of hydrogen-bond acceptors (Lipinski definition) is 3. The minimum atomic E-state index is 0.681. The second-order valence-electron chi connectivity index (χ2n) is 6.55. The molecular weight excluding hydrogens is 260 g/mol. The smallest absolute Gasteiger partial charge is 0.113 e. The van der Waals surface area contributed by atoms with Crippen molar-refractivity contribution in [1.29, 1.82) is 0 Å². The predicted molar refractivity (Wildman–Crippen MR) is 86.4 cm³/mol. The Hall–Kier alpha value is -1.55. The molecule has 0 spiro atoms. The molecule has 2 aliphatic rings. The van der Waals surface area contributed by atoms with Gasteiger partial charge in [0.15, 0.2) is 0 Å². The highest BCUT2D eigenvalue weighted by Gasteiger charge is 2.29. The van der Waals surface area contributed by atoms with Gasteiger partial charge in [0.05, 0.1) is 11.0 Å². The molecule has 0 radical (unpaired) electrons. The van der Waals surface area contributed by atoms with E-state index in [9.17, 15) is 0 Å². The maximum absolute atomic E-state index is 5.91. The monoisotopic (exact) mass is 284 g/mol. The fourth-order valence-electron chi connectivity index (χ4n) is 3.48. The van der Waals surface area contributed by atoms with Crippen molar-refractivity contribution in [3.8, 4) is 0 Å². The molecule has 2 fully saturated rings. The molecule has 0 bridgehead atoms. The topological polar surface area (TPSA) is 47.1 Å². The lowest BCUT2D eigenvalue weighted by Crippen LogP contribution is -2.32. The van der Waals surface area contributed by atoms with Crippen LogP contribution in [-0.2, 0) is 6.54 Å². The molecule has 1 aromatic heterocycles. The summed E-state index contributed by atoms with van der Waals surface area (Å²) in [5, 5.41) is 0. The van der Waals surface area contributed by atoms with Gasteiger partial charge in [-0.25, -0.2) is 4.98 Å². The number of aromatic nitrogens is 2. The van der Waals surface area contributed by atoms with E-state index in [-0.39, 0.29) is 0 Å². The molecule has 4 heteroatoms. The molecule has 0 atom stereocenters. The van der Waals surface area contributed by atoms with E-state index in [1.165, 1.54) is 56.5 Å². The molecule has 1 aliphatic heterocycles. The SMILES string of the molecule is Nc1ccc2c(c1)nc(C1CC1)n2CCN1CCCCC1. The average Bonchev–Trinajstić information content (AvgIpc) is 3.28. The van der Waals surface area contributed by atoms with Crippen LogP contribution in [0.3, 0.4) is 0 Å². The van der Waals surface area contributed by atoms with Crippen LogP contribution in [0, 0.1) is 0 Å². The fourth-order valence-corrected chi connectivity index (χ4v) is 3.48. The third-order valence-corrected chi connectivity index (χ3v) is 4.83.